The maximum Gasteiger partial charge on any atom is 0.251 e. The van der Waals surface area contributed by atoms with E-state index in [1.165, 1.54) is 13.0 Å². The molecule has 0 aromatic heterocycles. The van der Waals surface area contributed by atoms with Crippen LogP contribution in [0.3, 0.4) is 0 Å². The highest BCUT2D eigenvalue weighted by atomic mass is 19.1. The molecule has 0 aliphatic carbocycles. The largest absolute Gasteiger partial charge is 0.354 e. The summed E-state index contributed by atoms with van der Waals surface area (Å²) in [5.41, 5.74) is 0.935. The van der Waals surface area contributed by atoms with Crippen molar-refractivity contribution >= 4 is 17.7 Å². The Morgan fingerprint density at radius 1 is 1.00 bits per heavy atom. The molecule has 2 aromatic rings. The number of amides is 3. The Morgan fingerprint density at radius 3 is 2.26 bits per heavy atom. The number of hydrogen-bond acceptors (Lipinski definition) is 3. The third-order valence-electron chi connectivity index (χ3n) is 5.95. The SMILES string of the molecule is CC(=O)N1CCC(C(=O)NCCNC(=O)c2ccc(C)c(F)c2)(c2ccccc2)CC1. The van der Waals surface area contributed by atoms with Crippen LogP contribution in [0.15, 0.2) is 48.5 Å². The van der Waals surface area contributed by atoms with Crippen LogP contribution >= 0.6 is 0 Å². The topological polar surface area (TPSA) is 78.5 Å². The summed E-state index contributed by atoms with van der Waals surface area (Å²) >= 11 is 0. The number of carbonyl (C=O) groups excluding carboxylic acids is 3. The predicted octanol–water partition coefficient (Wildman–Crippen LogP) is 2.56. The van der Waals surface area contributed by atoms with Gasteiger partial charge < -0.3 is 15.5 Å². The number of hydrogen-bond donors (Lipinski definition) is 2. The van der Waals surface area contributed by atoms with Gasteiger partial charge in [0.05, 0.1) is 5.41 Å². The maximum atomic E-state index is 13.7. The fourth-order valence-corrected chi connectivity index (χ4v) is 3.96. The Balaban J connectivity index is 1.60. The van der Waals surface area contributed by atoms with Gasteiger partial charge in [-0.1, -0.05) is 36.4 Å². The molecule has 0 unspecified atom stereocenters. The van der Waals surface area contributed by atoms with Gasteiger partial charge in [-0.3, -0.25) is 14.4 Å². The van der Waals surface area contributed by atoms with Gasteiger partial charge in [0.2, 0.25) is 11.8 Å². The molecule has 2 N–H and O–H groups in total. The molecule has 1 saturated heterocycles. The van der Waals surface area contributed by atoms with Crippen LogP contribution in [-0.4, -0.2) is 48.8 Å². The van der Waals surface area contributed by atoms with E-state index in [0.29, 0.717) is 31.5 Å². The molecular weight excluding hydrogens is 397 g/mol. The molecule has 1 aliphatic heterocycles. The zero-order chi connectivity index (χ0) is 22.4. The highest BCUT2D eigenvalue weighted by Crippen LogP contribution is 2.36. The normalized spacial score (nSPS) is 15.3. The third kappa shape index (κ3) is 5.10. The van der Waals surface area contributed by atoms with Crippen molar-refractivity contribution in [3.8, 4) is 0 Å². The maximum absolute atomic E-state index is 13.7. The number of rotatable bonds is 6. The lowest BCUT2D eigenvalue weighted by Crippen LogP contribution is -2.53. The van der Waals surface area contributed by atoms with Crippen LogP contribution in [-0.2, 0) is 15.0 Å². The summed E-state index contributed by atoms with van der Waals surface area (Å²) in [4.78, 5) is 38.9. The average Bonchev–Trinajstić information content (AvgIpc) is 2.78. The number of piperidine rings is 1. The Morgan fingerprint density at radius 2 is 1.65 bits per heavy atom. The van der Waals surface area contributed by atoms with E-state index >= 15 is 0 Å². The van der Waals surface area contributed by atoms with Crippen molar-refractivity contribution in [3.63, 3.8) is 0 Å². The minimum absolute atomic E-state index is 0.0114. The summed E-state index contributed by atoms with van der Waals surface area (Å²) in [6, 6.07) is 13.9. The highest BCUT2D eigenvalue weighted by Gasteiger charge is 2.43. The van der Waals surface area contributed by atoms with Crippen LogP contribution in [0, 0.1) is 12.7 Å². The molecule has 7 heteroatoms. The van der Waals surface area contributed by atoms with Gasteiger partial charge in [0.25, 0.3) is 5.91 Å². The number of nitrogens with zero attached hydrogens (tertiary/aromatic N) is 1. The summed E-state index contributed by atoms with van der Waals surface area (Å²) in [7, 11) is 0. The molecule has 0 spiro atoms. The van der Waals surface area contributed by atoms with Gasteiger partial charge in [0.1, 0.15) is 5.82 Å². The van der Waals surface area contributed by atoms with Gasteiger partial charge in [0.15, 0.2) is 0 Å². The van der Waals surface area contributed by atoms with Gasteiger partial charge >= 0.3 is 0 Å². The molecule has 164 valence electrons. The monoisotopic (exact) mass is 425 g/mol. The standard InChI is InChI=1S/C24H28FN3O3/c1-17-8-9-19(16-21(17)25)22(30)26-12-13-27-23(31)24(20-6-4-3-5-7-20)10-14-28(15-11-24)18(2)29/h3-9,16H,10-15H2,1-2H3,(H,26,30)(H,27,31). The second kappa shape index (κ2) is 9.73. The molecule has 1 heterocycles. The van der Waals surface area contributed by atoms with Crippen molar-refractivity contribution in [2.45, 2.75) is 32.1 Å². The molecule has 0 atom stereocenters. The van der Waals surface area contributed by atoms with Crippen molar-refractivity contribution in [2.75, 3.05) is 26.2 Å². The minimum atomic E-state index is -0.711. The van der Waals surface area contributed by atoms with Gasteiger partial charge in [-0.2, -0.15) is 0 Å². The molecule has 3 rings (SSSR count). The predicted molar refractivity (Wildman–Crippen MR) is 116 cm³/mol. The molecule has 1 aliphatic rings. The van der Waals surface area contributed by atoms with E-state index in [-0.39, 0.29) is 36.4 Å². The van der Waals surface area contributed by atoms with Crippen molar-refractivity contribution in [2.24, 2.45) is 0 Å². The molecule has 0 saturated carbocycles. The first-order chi connectivity index (χ1) is 14.8. The molecule has 6 nitrogen and oxygen atoms in total. The van der Waals surface area contributed by atoms with Crippen LogP contribution in [0.1, 0.15) is 41.3 Å². The Labute approximate surface area is 181 Å². The van der Waals surface area contributed by atoms with Crippen molar-refractivity contribution in [3.05, 3.63) is 71.0 Å². The van der Waals surface area contributed by atoms with E-state index in [0.717, 1.165) is 5.56 Å². The Hall–Kier alpha value is -3.22. The number of halogens is 1. The highest BCUT2D eigenvalue weighted by molar-refractivity contribution is 5.94. The lowest BCUT2D eigenvalue weighted by molar-refractivity contribution is -0.135. The number of aryl methyl sites for hydroxylation is 1. The molecular formula is C24H28FN3O3. The van der Waals surface area contributed by atoms with Crippen molar-refractivity contribution in [1.29, 1.82) is 0 Å². The van der Waals surface area contributed by atoms with Gasteiger partial charge in [-0.25, -0.2) is 4.39 Å². The first kappa shape index (κ1) is 22.5. The summed E-state index contributed by atoms with van der Waals surface area (Å²) in [5.74, 6) is -0.918. The summed E-state index contributed by atoms with van der Waals surface area (Å²) in [6.45, 7) is 4.70. The molecule has 2 aromatic carbocycles. The first-order valence-electron chi connectivity index (χ1n) is 10.5. The Kier molecular flexibility index (Phi) is 7.05. The summed E-state index contributed by atoms with van der Waals surface area (Å²) in [5, 5.41) is 5.64. The molecule has 1 fully saturated rings. The number of carbonyl (C=O) groups is 3. The van der Waals surface area contributed by atoms with E-state index < -0.39 is 11.2 Å². The zero-order valence-electron chi connectivity index (χ0n) is 17.9. The van der Waals surface area contributed by atoms with E-state index in [1.807, 2.05) is 30.3 Å². The number of likely N-dealkylation sites (tertiary alicyclic amines) is 1. The van der Waals surface area contributed by atoms with Gasteiger partial charge in [0, 0.05) is 38.7 Å². The van der Waals surface area contributed by atoms with Gasteiger partial charge in [-0.15, -0.1) is 0 Å². The van der Waals surface area contributed by atoms with E-state index in [9.17, 15) is 18.8 Å². The summed E-state index contributed by atoms with van der Waals surface area (Å²) in [6.07, 6.45) is 1.08. The second-order valence-corrected chi connectivity index (χ2v) is 7.93. The number of nitrogens with one attached hydrogen (secondary N) is 2. The minimum Gasteiger partial charge on any atom is -0.354 e. The molecule has 0 bridgehead atoms. The van der Waals surface area contributed by atoms with Crippen LogP contribution < -0.4 is 10.6 Å². The molecule has 3 amide bonds. The fraction of sp³-hybridized carbons (Fsp3) is 0.375. The van der Waals surface area contributed by atoms with Gasteiger partial charge in [-0.05, 0) is 43.0 Å². The van der Waals surface area contributed by atoms with Crippen LogP contribution in [0.25, 0.3) is 0 Å². The lowest BCUT2D eigenvalue weighted by atomic mass is 9.72. The van der Waals surface area contributed by atoms with Crippen molar-refractivity contribution < 1.29 is 18.8 Å². The van der Waals surface area contributed by atoms with E-state index in [1.54, 1.807) is 24.0 Å². The smallest absolute Gasteiger partial charge is 0.251 e. The molecule has 0 radical (unpaired) electrons. The second-order valence-electron chi connectivity index (χ2n) is 7.93. The fourth-order valence-electron chi connectivity index (χ4n) is 3.96. The van der Waals surface area contributed by atoms with E-state index in [4.69, 9.17) is 0 Å². The number of benzene rings is 2. The van der Waals surface area contributed by atoms with Crippen LogP contribution in [0.2, 0.25) is 0 Å². The van der Waals surface area contributed by atoms with E-state index in [2.05, 4.69) is 10.6 Å². The first-order valence-corrected chi connectivity index (χ1v) is 10.5. The Bertz CT molecular complexity index is 954. The van der Waals surface area contributed by atoms with Crippen LogP contribution in [0.4, 0.5) is 4.39 Å². The third-order valence-corrected chi connectivity index (χ3v) is 5.95. The quantitative estimate of drug-likeness (QED) is 0.699. The van der Waals surface area contributed by atoms with Crippen LogP contribution in [0.5, 0.6) is 0 Å². The molecule has 31 heavy (non-hydrogen) atoms. The zero-order valence-corrected chi connectivity index (χ0v) is 17.9. The van der Waals surface area contributed by atoms with Crippen molar-refractivity contribution in [1.82, 2.24) is 15.5 Å². The summed E-state index contributed by atoms with van der Waals surface area (Å²) < 4.78 is 13.7. The average molecular weight is 426 g/mol. The lowest BCUT2D eigenvalue weighted by Gasteiger charge is -2.40.